The molecule has 0 saturated heterocycles. The SMILES string of the molecule is CCCCOC(=O)c1ccc(NC(=O)c2ccc3c(c2)CCN3S(=O)(=O)c2ccc(C)cc2)cc1. The van der Waals surface area contributed by atoms with E-state index < -0.39 is 10.0 Å². The summed E-state index contributed by atoms with van der Waals surface area (Å²) < 4.78 is 32.9. The number of hydrogen-bond acceptors (Lipinski definition) is 5. The molecule has 35 heavy (non-hydrogen) atoms. The Bertz CT molecular complexity index is 1330. The summed E-state index contributed by atoms with van der Waals surface area (Å²) in [6.07, 6.45) is 2.29. The fraction of sp³-hybridized carbons (Fsp3) is 0.259. The lowest BCUT2D eigenvalue weighted by Crippen LogP contribution is -2.29. The van der Waals surface area contributed by atoms with Gasteiger partial charge < -0.3 is 10.1 Å². The maximum Gasteiger partial charge on any atom is 0.338 e. The number of sulfonamides is 1. The fourth-order valence-corrected chi connectivity index (χ4v) is 5.39. The summed E-state index contributed by atoms with van der Waals surface area (Å²) in [6.45, 7) is 4.64. The lowest BCUT2D eigenvalue weighted by Gasteiger charge is -2.20. The number of ether oxygens (including phenoxy) is 1. The number of unbranched alkanes of at least 4 members (excludes halogenated alkanes) is 1. The van der Waals surface area contributed by atoms with Gasteiger partial charge in [0.15, 0.2) is 0 Å². The van der Waals surface area contributed by atoms with Crippen LogP contribution in [0, 0.1) is 6.92 Å². The van der Waals surface area contributed by atoms with Crippen molar-refractivity contribution < 1.29 is 22.7 Å². The molecule has 4 rings (SSSR count). The number of nitrogens with one attached hydrogen (secondary N) is 1. The predicted octanol–water partition coefficient (Wildman–Crippen LogP) is 4.96. The molecule has 1 aliphatic rings. The van der Waals surface area contributed by atoms with E-state index in [-0.39, 0.29) is 16.8 Å². The monoisotopic (exact) mass is 492 g/mol. The van der Waals surface area contributed by atoms with Gasteiger partial charge in [-0.25, -0.2) is 13.2 Å². The average molecular weight is 493 g/mol. The van der Waals surface area contributed by atoms with Gasteiger partial charge in [0.25, 0.3) is 15.9 Å². The number of amides is 1. The van der Waals surface area contributed by atoms with Gasteiger partial charge in [-0.2, -0.15) is 0 Å². The molecular weight excluding hydrogens is 464 g/mol. The number of anilines is 2. The topological polar surface area (TPSA) is 92.8 Å². The van der Waals surface area contributed by atoms with Gasteiger partial charge in [-0.1, -0.05) is 31.0 Å². The van der Waals surface area contributed by atoms with Crippen molar-refractivity contribution in [1.82, 2.24) is 0 Å². The number of fused-ring (bicyclic) bond motifs is 1. The van der Waals surface area contributed by atoms with E-state index in [1.165, 1.54) is 4.31 Å². The first-order valence-corrected chi connectivity index (χ1v) is 13.0. The van der Waals surface area contributed by atoms with Gasteiger partial charge in [0.1, 0.15) is 0 Å². The summed E-state index contributed by atoms with van der Waals surface area (Å²) in [5.74, 6) is -0.703. The minimum Gasteiger partial charge on any atom is -0.462 e. The van der Waals surface area contributed by atoms with Gasteiger partial charge in [-0.3, -0.25) is 9.10 Å². The molecule has 0 unspecified atom stereocenters. The Morgan fingerprint density at radius 1 is 0.971 bits per heavy atom. The highest BCUT2D eigenvalue weighted by Crippen LogP contribution is 2.33. The molecule has 1 heterocycles. The highest BCUT2D eigenvalue weighted by molar-refractivity contribution is 7.92. The summed E-state index contributed by atoms with van der Waals surface area (Å²) in [7, 11) is -3.67. The van der Waals surface area contributed by atoms with E-state index in [1.807, 2.05) is 13.8 Å². The molecule has 1 N–H and O–H groups in total. The van der Waals surface area contributed by atoms with E-state index in [2.05, 4.69) is 5.32 Å². The van der Waals surface area contributed by atoms with Crippen molar-refractivity contribution in [2.75, 3.05) is 22.8 Å². The number of hydrogen-bond donors (Lipinski definition) is 1. The first kappa shape index (κ1) is 24.5. The van der Waals surface area contributed by atoms with E-state index in [1.54, 1.807) is 66.7 Å². The Morgan fingerprint density at radius 3 is 2.34 bits per heavy atom. The Hall–Kier alpha value is -3.65. The Labute approximate surface area is 205 Å². The Balaban J connectivity index is 1.45. The zero-order chi connectivity index (χ0) is 25.0. The maximum atomic E-state index is 13.1. The van der Waals surface area contributed by atoms with Gasteiger partial charge >= 0.3 is 5.97 Å². The Morgan fingerprint density at radius 2 is 1.66 bits per heavy atom. The molecule has 1 aliphatic heterocycles. The van der Waals surface area contributed by atoms with Crippen LogP contribution in [0.5, 0.6) is 0 Å². The van der Waals surface area contributed by atoms with Crippen LogP contribution in [0.15, 0.2) is 71.6 Å². The third-order valence-electron chi connectivity index (χ3n) is 5.91. The third-order valence-corrected chi connectivity index (χ3v) is 7.74. The van der Waals surface area contributed by atoms with E-state index >= 15 is 0 Å². The highest BCUT2D eigenvalue weighted by Gasteiger charge is 2.31. The van der Waals surface area contributed by atoms with Crippen LogP contribution in [0.25, 0.3) is 0 Å². The van der Waals surface area contributed by atoms with Crippen molar-refractivity contribution in [2.24, 2.45) is 0 Å². The molecule has 3 aromatic rings. The predicted molar refractivity (Wildman–Crippen MR) is 135 cm³/mol. The average Bonchev–Trinajstić information content (AvgIpc) is 3.29. The zero-order valence-corrected chi connectivity index (χ0v) is 20.6. The molecule has 1 amide bonds. The third kappa shape index (κ3) is 5.38. The number of carbonyl (C=O) groups excluding carboxylic acids is 2. The summed E-state index contributed by atoms with van der Waals surface area (Å²) in [4.78, 5) is 25.1. The number of carbonyl (C=O) groups is 2. The van der Waals surface area contributed by atoms with Crippen LogP contribution in [0.4, 0.5) is 11.4 Å². The fourth-order valence-electron chi connectivity index (χ4n) is 3.89. The molecule has 0 atom stereocenters. The first-order valence-electron chi connectivity index (χ1n) is 11.6. The van der Waals surface area contributed by atoms with Gasteiger partial charge in [0.2, 0.25) is 0 Å². The molecule has 8 heteroatoms. The van der Waals surface area contributed by atoms with Crippen molar-refractivity contribution in [3.8, 4) is 0 Å². The summed E-state index contributed by atoms with van der Waals surface area (Å²) >= 11 is 0. The van der Waals surface area contributed by atoms with E-state index in [0.29, 0.717) is 42.1 Å². The molecule has 182 valence electrons. The van der Waals surface area contributed by atoms with Crippen LogP contribution in [0.2, 0.25) is 0 Å². The number of aryl methyl sites for hydroxylation is 1. The first-order chi connectivity index (χ1) is 16.8. The standard InChI is InChI=1S/C27H28N2O5S/c1-3-4-17-34-27(31)20-7-10-23(11-8-20)28-26(30)22-9-14-25-21(18-22)15-16-29(25)35(32,33)24-12-5-19(2)6-13-24/h5-14,18H,3-4,15-17H2,1-2H3,(H,28,30). The van der Waals surface area contributed by atoms with Crippen LogP contribution in [-0.2, 0) is 21.2 Å². The van der Waals surface area contributed by atoms with Gasteiger partial charge in [0, 0.05) is 17.8 Å². The number of nitrogens with zero attached hydrogens (tertiary/aromatic N) is 1. The van der Waals surface area contributed by atoms with Crippen LogP contribution < -0.4 is 9.62 Å². The normalized spacial score (nSPS) is 12.8. The number of esters is 1. The van der Waals surface area contributed by atoms with Crippen molar-refractivity contribution in [3.05, 3.63) is 89.0 Å². The highest BCUT2D eigenvalue weighted by atomic mass is 32.2. The lowest BCUT2D eigenvalue weighted by atomic mass is 10.1. The summed E-state index contributed by atoms with van der Waals surface area (Å²) in [5, 5.41) is 2.82. The molecule has 0 saturated carbocycles. The van der Waals surface area contributed by atoms with Crippen molar-refractivity contribution in [1.29, 1.82) is 0 Å². The molecule has 0 aliphatic carbocycles. The smallest absolute Gasteiger partial charge is 0.338 e. The molecule has 0 bridgehead atoms. The van der Waals surface area contributed by atoms with E-state index in [4.69, 9.17) is 4.74 Å². The van der Waals surface area contributed by atoms with Gasteiger partial charge in [-0.15, -0.1) is 0 Å². The quantitative estimate of drug-likeness (QED) is 0.355. The van der Waals surface area contributed by atoms with Gasteiger partial charge in [-0.05, 0) is 79.9 Å². The van der Waals surface area contributed by atoms with Crippen LogP contribution in [0.3, 0.4) is 0 Å². The molecule has 0 aromatic heterocycles. The van der Waals surface area contributed by atoms with Crippen molar-refractivity contribution in [3.63, 3.8) is 0 Å². The van der Waals surface area contributed by atoms with Crippen LogP contribution in [0.1, 0.15) is 51.6 Å². The van der Waals surface area contributed by atoms with E-state index in [0.717, 1.165) is 24.0 Å². The second kappa shape index (κ2) is 10.3. The minimum atomic E-state index is -3.67. The second-order valence-corrected chi connectivity index (χ2v) is 10.4. The summed E-state index contributed by atoms with van der Waals surface area (Å²) in [5.41, 5.74) is 3.78. The van der Waals surface area contributed by atoms with Crippen molar-refractivity contribution >= 4 is 33.3 Å². The lowest BCUT2D eigenvalue weighted by molar-refractivity contribution is 0.0499. The van der Waals surface area contributed by atoms with Crippen molar-refractivity contribution in [2.45, 2.75) is 38.0 Å². The van der Waals surface area contributed by atoms with Gasteiger partial charge in [0.05, 0.1) is 22.8 Å². The maximum absolute atomic E-state index is 13.1. The van der Waals surface area contributed by atoms with Crippen LogP contribution in [-0.4, -0.2) is 33.4 Å². The largest absolute Gasteiger partial charge is 0.462 e. The second-order valence-electron chi connectivity index (χ2n) is 8.50. The summed E-state index contributed by atoms with van der Waals surface area (Å²) in [6, 6.07) is 18.3. The molecule has 0 radical (unpaired) electrons. The number of benzene rings is 3. The Kier molecular flexibility index (Phi) is 7.21. The van der Waals surface area contributed by atoms with Crippen LogP contribution >= 0.6 is 0 Å². The molecule has 3 aromatic carbocycles. The molecule has 0 spiro atoms. The zero-order valence-electron chi connectivity index (χ0n) is 19.8. The molecular formula is C27H28N2O5S. The van der Waals surface area contributed by atoms with E-state index in [9.17, 15) is 18.0 Å². The minimum absolute atomic E-state index is 0.246. The molecule has 7 nitrogen and oxygen atoms in total. The molecule has 0 fully saturated rings. The number of rotatable bonds is 8.